The molecule has 0 unspecified atom stereocenters. The van der Waals surface area contributed by atoms with Gasteiger partial charge in [0.2, 0.25) is 0 Å². The minimum absolute atomic E-state index is 0.312. The van der Waals surface area contributed by atoms with Gasteiger partial charge in [-0.15, -0.1) is 0 Å². The zero-order chi connectivity index (χ0) is 16.1. The summed E-state index contributed by atoms with van der Waals surface area (Å²) in [4.78, 5) is 10.2. The van der Waals surface area contributed by atoms with Gasteiger partial charge in [0.15, 0.2) is 0 Å². The third-order valence-corrected chi connectivity index (χ3v) is 3.21. The van der Waals surface area contributed by atoms with Gasteiger partial charge >= 0.3 is 0 Å². The SMILES string of the molecule is CN(C)/C=N\c1c(Cl)cc(/N=C/c2cccc(F)c2)cc1Cl. The van der Waals surface area contributed by atoms with Crippen LogP contribution in [0.15, 0.2) is 46.4 Å². The normalized spacial score (nSPS) is 11.5. The summed E-state index contributed by atoms with van der Waals surface area (Å²) in [6.07, 6.45) is 3.16. The number of aliphatic imine (C=N–C) groups is 2. The van der Waals surface area contributed by atoms with Crippen molar-refractivity contribution in [1.82, 2.24) is 4.90 Å². The summed E-state index contributed by atoms with van der Waals surface area (Å²) >= 11 is 12.3. The van der Waals surface area contributed by atoms with E-state index in [1.54, 1.807) is 41.7 Å². The molecule has 0 saturated carbocycles. The van der Waals surface area contributed by atoms with Gasteiger partial charge in [-0.25, -0.2) is 9.38 Å². The molecule has 0 radical (unpaired) electrons. The zero-order valence-electron chi connectivity index (χ0n) is 12.1. The van der Waals surface area contributed by atoms with E-state index < -0.39 is 0 Å². The van der Waals surface area contributed by atoms with Gasteiger partial charge in [0, 0.05) is 20.3 Å². The number of halogens is 3. The molecule has 0 fully saturated rings. The minimum atomic E-state index is -0.312. The minimum Gasteiger partial charge on any atom is -0.369 e. The van der Waals surface area contributed by atoms with Crippen LogP contribution in [0.1, 0.15) is 5.56 Å². The van der Waals surface area contributed by atoms with Gasteiger partial charge in [-0.1, -0.05) is 35.3 Å². The first-order chi connectivity index (χ1) is 10.5. The monoisotopic (exact) mass is 337 g/mol. The third-order valence-electron chi connectivity index (χ3n) is 2.63. The molecule has 0 spiro atoms. The van der Waals surface area contributed by atoms with Crippen molar-refractivity contribution in [3.63, 3.8) is 0 Å². The molecule has 2 rings (SSSR count). The van der Waals surface area contributed by atoms with Crippen LogP contribution < -0.4 is 0 Å². The highest BCUT2D eigenvalue weighted by Gasteiger charge is 2.06. The number of hydrogen-bond donors (Lipinski definition) is 0. The molecule has 0 amide bonds. The van der Waals surface area contributed by atoms with Crippen molar-refractivity contribution in [3.8, 4) is 0 Å². The van der Waals surface area contributed by atoms with E-state index in [4.69, 9.17) is 23.2 Å². The zero-order valence-corrected chi connectivity index (χ0v) is 13.6. The molecule has 0 atom stereocenters. The maximum Gasteiger partial charge on any atom is 0.123 e. The Labute approximate surface area is 138 Å². The van der Waals surface area contributed by atoms with Crippen LogP contribution in [0, 0.1) is 5.82 Å². The van der Waals surface area contributed by atoms with Gasteiger partial charge in [0.05, 0.1) is 22.1 Å². The lowest BCUT2D eigenvalue weighted by Crippen LogP contribution is -2.07. The highest BCUT2D eigenvalue weighted by atomic mass is 35.5. The second-order valence-corrected chi connectivity index (χ2v) is 5.59. The molecule has 2 aromatic rings. The lowest BCUT2D eigenvalue weighted by molar-refractivity contribution is 0.627. The van der Waals surface area contributed by atoms with Crippen LogP contribution in [0.2, 0.25) is 10.0 Å². The maximum absolute atomic E-state index is 13.1. The Balaban J connectivity index is 2.27. The number of benzene rings is 2. The van der Waals surface area contributed by atoms with E-state index >= 15 is 0 Å². The molecule has 0 heterocycles. The summed E-state index contributed by atoms with van der Waals surface area (Å²) < 4.78 is 13.1. The fraction of sp³-hybridized carbons (Fsp3) is 0.125. The van der Waals surface area contributed by atoms with E-state index in [-0.39, 0.29) is 5.82 Å². The van der Waals surface area contributed by atoms with Crippen LogP contribution in [0.5, 0.6) is 0 Å². The molecule has 0 aliphatic carbocycles. The van der Waals surface area contributed by atoms with E-state index in [2.05, 4.69) is 9.98 Å². The van der Waals surface area contributed by atoms with Crippen LogP contribution in [0.25, 0.3) is 0 Å². The molecule has 0 aromatic heterocycles. The van der Waals surface area contributed by atoms with Crippen LogP contribution >= 0.6 is 23.2 Å². The standard InChI is InChI=1S/C16H14Cl2FN3/c1-22(2)10-21-16-14(17)7-13(8-15(16)18)20-9-11-4-3-5-12(19)6-11/h3-10H,1-2H3/b20-9+,21-10-. The quantitative estimate of drug-likeness (QED) is 0.563. The van der Waals surface area contributed by atoms with E-state index in [9.17, 15) is 4.39 Å². The number of rotatable bonds is 4. The lowest BCUT2D eigenvalue weighted by atomic mass is 10.2. The highest BCUT2D eigenvalue weighted by molar-refractivity contribution is 6.39. The van der Waals surface area contributed by atoms with Gasteiger partial charge in [-0.3, -0.25) is 4.99 Å². The van der Waals surface area contributed by atoms with Crippen LogP contribution in [-0.4, -0.2) is 31.5 Å². The van der Waals surface area contributed by atoms with Gasteiger partial charge in [-0.05, 0) is 29.8 Å². The first kappa shape index (κ1) is 16.5. The molecule has 0 saturated heterocycles. The summed E-state index contributed by atoms with van der Waals surface area (Å²) in [5.74, 6) is -0.312. The molecule has 2 aromatic carbocycles. The van der Waals surface area contributed by atoms with Crippen molar-refractivity contribution in [2.45, 2.75) is 0 Å². The smallest absolute Gasteiger partial charge is 0.123 e. The summed E-state index contributed by atoms with van der Waals surface area (Å²) in [7, 11) is 3.70. The van der Waals surface area contributed by atoms with Crippen molar-refractivity contribution in [3.05, 3.63) is 57.8 Å². The van der Waals surface area contributed by atoms with Crippen molar-refractivity contribution < 1.29 is 4.39 Å². The van der Waals surface area contributed by atoms with Gasteiger partial charge in [0.25, 0.3) is 0 Å². The predicted molar refractivity (Wildman–Crippen MR) is 92.0 cm³/mol. The molecule has 0 N–H and O–H groups in total. The molecule has 0 aliphatic rings. The van der Waals surface area contributed by atoms with Crippen LogP contribution in [0.4, 0.5) is 15.8 Å². The van der Waals surface area contributed by atoms with Gasteiger partial charge in [0.1, 0.15) is 11.5 Å². The fourth-order valence-electron chi connectivity index (χ4n) is 1.66. The summed E-state index contributed by atoms with van der Waals surface area (Å²) in [6, 6.07) is 9.46. The second kappa shape index (κ2) is 7.38. The highest BCUT2D eigenvalue weighted by Crippen LogP contribution is 2.36. The molecule has 114 valence electrons. The Bertz CT molecular complexity index is 704. The molecular weight excluding hydrogens is 324 g/mol. The molecule has 0 aliphatic heterocycles. The van der Waals surface area contributed by atoms with Crippen molar-refractivity contribution >= 4 is 47.1 Å². The van der Waals surface area contributed by atoms with Crippen molar-refractivity contribution in [2.75, 3.05) is 14.1 Å². The average molecular weight is 338 g/mol. The Morgan fingerprint density at radius 1 is 1.05 bits per heavy atom. The molecule has 22 heavy (non-hydrogen) atoms. The Morgan fingerprint density at radius 3 is 2.32 bits per heavy atom. The number of hydrogen-bond acceptors (Lipinski definition) is 2. The topological polar surface area (TPSA) is 28.0 Å². The van der Waals surface area contributed by atoms with Crippen molar-refractivity contribution in [1.29, 1.82) is 0 Å². The Hall–Kier alpha value is -1.91. The van der Waals surface area contributed by atoms with E-state index in [1.165, 1.54) is 12.1 Å². The van der Waals surface area contributed by atoms with E-state index in [0.717, 1.165) is 0 Å². The van der Waals surface area contributed by atoms with Crippen LogP contribution in [0.3, 0.4) is 0 Å². The first-order valence-corrected chi connectivity index (χ1v) is 7.20. The molecule has 0 bridgehead atoms. The summed E-state index contributed by atoms with van der Waals surface area (Å²) in [5, 5.41) is 0.800. The van der Waals surface area contributed by atoms with Gasteiger partial charge in [-0.2, -0.15) is 0 Å². The fourth-order valence-corrected chi connectivity index (χ4v) is 2.23. The molecule has 6 heteroatoms. The second-order valence-electron chi connectivity index (χ2n) is 4.78. The number of nitrogens with zero attached hydrogens (tertiary/aromatic N) is 3. The lowest BCUT2D eigenvalue weighted by Gasteiger charge is -2.06. The predicted octanol–water partition coefficient (Wildman–Crippen LogP) is 5.10. The first-order valence-electron chi connectivity index (χ1n) is 6.45. The molecule has 3 nitrogen and oxygen atoms in total. The van der Waals surface area contributed by atoms with Crippen molar-refractivity contribution in [2.24, 2.45) is 9.98 Å². The summed E-state index contributed by atoms with van der Waals surface area (Å²) in [6.45, 7) is 0. The van der Waals surface area contributed by atoms with E-state index in [1.807, 2.05) is 14.1 Å². The maximum atomic E-state index is 13.1. The Kier molecular flexibility index (Phi) is 5.52. The third kappa shape index (κ3) is 4.55. The Morgan fingerprint density at radius 2 is 1.73 bits per heavy atom. The van der Waals surface area contributed by atoms with Gasteiger partial charge < -0.3 is 4.90 Å². The summed E-state index contributed by atoms with van der Waals surface area (Å²) in [5.41, 5.74) is 1.71. The van der Waals surface area contributed by atoms with E-state index in [0.29, 0.717) is 27.0 Å². The molecular formula is C16H14Cl2FN3. The average Bonchev–Trinajstić information content (AvgIpc) is 2.44. The van der Waals surface area contributed by atoms with Crippen LogP contribution in [-0.2, 0) is 0 Å². The largest absolute Gasteiger partial charge is 0.369 e.